The number of Topliss-reactive ketones (excluding diaryl/α,β-unsaturated/α-hetero) is 1. The van der Waals surface area contributed by atoms with Gasteiger partial charge >= 0.3 is 17.3 Å². The molecular weight excluding hydrogens is 228 g/mol. The van der Waals surface area contributed by atoms with E-state index in [0.29, 0.717) is 26.1 Å². The first kappa shape index (κ1) is 18.2. The van der Waals surface area contributed by atoms with Crippen molar-refractivity contribution in [2.75, 3.05) is 33.5 Å². The van der Waals surface area contributed by atoms with Gasteiger partial charge in [0.15, 0.2) is 0 Å². The molecule has 0 aromatic heterocycles. The van der Waals surface area contributed by atoms with E-state index in [1.54, 1.807) is 14.0 Å². The maximum absolute atomic E-state index is 10.1. The van der Waals surface area contributed by atoms with Crippen molar-refractivity contribution in [3.8, 4) is 0 Å². The Morgan fingerprint density at radius 3 is 1.88 bits per heavy atom. The van der Waals surface area contributed by atoms with E-state index in [4.69, 9.17) is 4.65 Å². The zero-order valence-electron chi connectivity index (χ0n) is 10.2. The van der Waals surface area contributed by atoms with Crippen molar-refractivity contribution in [2.45, 2.75) is 19.8 Å². The Kier molecular flexibility index (Phi) is 15.8. The number of hydrogen-bond donors (Lipinski definition) is 0. The molecule has 0 N–H and O–H groups in total. The molecule has 0 atom stereocenters. The Bertz CT molecular complexity index is 212. The number of ketones is 1. The summed E-state index contributed by atoms with van der Waals surface area (Å²) in [5.74, 6) is 0.117. The number of methoxy groups -OCH3 is 1. The maximum atomic E-state index is 10.1. The van der Waals surface area contributed by atoms with Gasteiger partial charge in [-0.15, -0.1) is 0 Å². The summed E-state index contributed by atoms with van der Waals surface area (Å²) < 4.78 is 20.9. The monoisotopic (exact) mass is 246 g/mol. The molecule has 0 aromatic rings. The summed E-state index contributed by atoms with van der Waals surface area (Å²) in [4.78, 5) is 19.8. The Labute approximate surface area is 101 Å². The summed E-state index contributed by atoms with van der Waals surface area (Å²) in [6, 6.07) is 0. The van der Waals surface area contributed by atoms with Gasteiger partial charge in [-0.3, -0.25) is 9.59 Å². The first-order chi connectivity index (χ1) is 8.16. The number of ether oxygens (including phenoxy) is 3. The van der Waals surface area contributed by atoms with Crippen LogP contribution in [-0.4, -0.2) is 45.3 Å². The van der Waals surface area contributed by atoms with Gasteiger partial charge in [-0.25, -0.2) is 0 Å². The molecule has 0 spiro atoms. The second-order valence-electron chi connectivity index (χ2n) is 3.03. The van der Waals surface area contributed by atoms with E-state index in [0.717, 1.165) is 13.2 Å². The van der Waals surface area contributed by atoms with E-state index in [1.165, 1.54) is 0 Å². The molecule has 6 nitrogen and oxygen atoms in total. The van der Waals surface area contributed by atoms with Crippen molar-refractivity contribution in [3.63, 3.8) is 0 Å². The number of rotatable bonds is 3. The molecule has 0 bridgehead atoms. The van der Waals surface area contributed by atoms with Gasteiger partial charge < -0.3 is 14.2 Å². The molecule has 98 valence electrons. The molecule has 0 amide bonds. The van der Waals surface area contributed by atoms with Crippen LogP contribution in [0.15, 0.2) is 0 Å². The first-order valence-electron chi connectivity index (χ1n) is 5.09. The zero-order valence-corrected chi connectivity index (χ0v) is 10.2. The summed E-state index contributed by atoms with van der Waals surface area (Å²) in [6.45, 7) is 9.24. The van der Waals surface area contributed by atoms with Gasteiger partial charge in [0, 0.05) is 13.5 Å². The number of cyclic esters (lactones) is 1. The van der Waals surface area contributed by atoms with E-state index in [2.05, 4.69) is 20.9 Å². The van der Waals surface area contributed by atoms with E-state index < -0.39 is 0 Å². The third kappa shape index (κ3) is 25.2. The van der Waals surface area contributed by atoms with Crippen LogP contribution in [0.3, 0.4) is 0 Å². The molecular formula is C11H18O6. The van der Waals surface area contributed by atoms with Gasteiger partial charge in [-0.2, -0.15) is 0 Å². The number of carbonyl (C=O) groups is 2. The predicted molar refractivity (Wildman–Crippen MR) is 57.5 cm³/mol. The van der Waals surface area contributed by atoms with Gasteiger partial charge in [0.05, 0.1) is 26.2 Å². The first-order valence-corrected chi connectivity index (χ1v) is 5.09. The van der Waals surface area contributed by atoms with Crippen LogP contribution >= 0.6 is 0 Å². The van der Waals surface area contributed by atoms with Gasteiger partial charge in [0.2, 0.25) is 0 Å². The summed E-state index contributed by atoms with van der Waals surface area (Å²) in [5, 5.41) is 0. The van der Waals surface area contributed by atoms with Crippen LogP contribution in [0.25, 0.3) is 0 Å². The number of carbonyl (C=O) groups excluding carboxylic acids is 2. The Morgan fingerprint density at radius 2 is 1.82 bits per heavy atom. The van der Waals surface area contributed by atoms with Crippen molar-refractivity contribution >= 4 is 11.8 Å². The molecule has 0 aliphatic carbocycles. The van der Waals surface area contributed by atoms with Crippen LogP contribution in [0.4, 0.5) is 0 Å². The van der Waals surface area contributed by atoms with Crippen LogP contribution < -0.4 is 0 Å². The van der Waals surface area contributed by atoms with Crippen LogP contribution in [0, 0.1) is 6.65 Å². The topological polar surface area (TPSA) is 85.0 Å². The summed E-state index contributed by atoms with van der Waals surface area (Å²) in [5.41, 5.74) is 0. The normalized spacial score (nSPS) is 14.0. The molecule has 0 saturated carbocycles. The van der Waals surface area contributed by atoms with Crippen LogP contribution in [-0.2, 0) is 28.5 Å². The fraction of sp³-hybridized carbons (Fsp3) is 0.727. The molecule has 0 radical (unpaired) electrons. The van der Waals surface area contributed by atoms with Crippen molar-refractivity contribution in [1.82, 2.24) is 0 Å². The van der Waals surface area contributed by atoms with Crippen LogP contribution in [0.1, 0.15) is 19.8 Å². The number of epoxide rings is 1. The van der Waals surface area contributed by atoms with E-state index in [-0.39, 0.29) is 11.8 Å². The Balaban J connectivity index is 0. The predicted octanol–water partition coefficient (Wildman–Crippen LogP) is 0.524. The molecule has 2 aliphatic rings. The molecule has 2 aliphatic heterocycles. The molecule has 2 rings (SSSR count). The van der Waals surface area contributed by atoms with Gasteiger partial charge in [0.25, 0.3) is 0 Å². The van der Waals surface area contributed by atoms with Crippen LogP contribution in [0.2, 0.25) is 0 Å². The minimum atomic E-state index is -0.0648. The molecule has 2 saturated heterocycles. The molecule has 17 heavy (non-hydrogen) atoms. The fourth-order valence-corrected chi connectivity index (χ4v) is 0.431. The van der Waals surface area contributed by atoms with Gasteiger partial charge in [0.1, 0.15) is 12.4 Å². The van der Waals surface area contributed by atoms with Crippen molar-refractivity contribution in [3.05, 3.63) is 6.65 Å². The standard InChI is InChI=1S/C5H10O2.C3H4O2.C2H4O.CO/c1-5(6)3-4-7-2;4-3-1-2-5-3;1-2-3-1;1-2/h3-4H2,1-2H3;1-2H2;1-2H2;. The number of esters is 1. The van der Waals surface area contributed by atoms with Crippen molar-refractivity contribution < 1.29 is 28.5 Å². The molecule has 6 heteroatoms. The van der Waals surface area contributed by atoms with E-state index >= 15 is 0 Å². The minimum absolute atomic E-state index is 0.0648. The van der Waals surface area contributed by atoms with Crippen molar-refractivity contribution in [1.29, 1.82) is 0 Å². The Hall–Kier alpha value is -1.20. The SMILES string of the molecule is C1CO1.COCCC(C)=O.O=C1CCO1.[C-]#[O+]. The third-order valence-corrected chi connectivity index (χ3v) is 1.43. The van der Waals surface area contributed by atoms with Gasteiger partial charge in [-0.05, 0) is 6.92 Å². The average molecular weight is 246 g/mol. The summed E-state index contributed by atoms with van der Waals surface area (Å²) in [6.07, 6.45) is 1.16. The molecule has 2 fully saturated rings. The molecule has 0 aromatic carbocycles. The fourth-order valence-electron chi connectivity index (χ4n) is 0.431. The van der Waals surface area contributed by atoms with Gasteiger partial charge in [-0.1, -0.05) is 0 Å². The molecule has 0 unspecified atom stereocenters. The van der Waals surface area contributed by atoms with E-state index in [9.17, 15) is 9.59 Å². The summed E-state index contributed by atoms with van der Waals surface area (Å²) >= 11 is 0. The van der Waals surface area contributed by atoms with Crippen molar-refractivity contribution in [2.24, 2.45) is 0 Å². The third-order valence-electron chi connectivity index (χ3n) is 1.43. The quantitative estimate of drug-likeness (QED) is 0.314. The second kappa shape index (κ2) is 14.8. The summed E-state index contributed by atoms with van der Waals surface area (Å²) in [7, 11) is 1.59. The Morgan fingerprint density at radius 1 is 1.41 bits per heavy atom. The molecule has 2 heterocycles. The zero-order chi connectivity index (χ0) is 13.5. The second-order valence-corrected chi connectivity index (χ2v) is 3.03. The number of hydrogen-bond acceptors (Lipinski definition) is 5. The van der Waals surface area contributed by atoms with Crippen LogP contribution in [0.5, 0.6) is 0 Å². The van der Waals surface area contributed by atoms with E-state index in [1.807, 2.05) is 0 Å². The average Bonchev–Trinajstić information content (AvgIpc) is 3.14.